The van der Waals surface area contributed by atoms with Crippen molar-refractivity contribution in [3.63, 3.8) is 0 Å². The van der Waals surface area contributed by atoms with Crippen LogP contribution >= 0.6 is 0 Å². The van der Waals surface area contributed by atoms with Crippen molar-refractivity contribution in [1.82, 2.24) is 20.2 Å². The third kappa shape index (κ3) is 1.88. The minimum atomic E-state index is -0.562. The van der Waals surface area contributed by atoms with E-state index in [9.17, 15) is 4.79 Å². The van der Waals surface area contributed by atoms with Crippen LogP contribution in [-0.4, -0.2) is 26.3 Å². The van der Waals surface area contributed by atoms with Gasteiger partial charge in [-0.15, -0.1) is 10.2 Å². The molecule has 6 nitrogen and oxygen atoms in total. The molecule has 16 heavy (non-hydrogen) atoms. The Bertz CT molecular complexity index is 401. The van der Waals surface area contributed by atoms with Crippen LogP contribution in [-0.2, 0) is 16.9 Å². The molecule has 0 aromatic carbocycles. The summed E-state index contributed by atoms with van der Waals surface area (Å²) in [6, 6.07) is 0. The monoisotopic (exact) mass is 221 g/mol. The van der Waals surface area contributed by atoms with Gasteiger partial charge in [-0.2, -0.15) is 9.79 Å². The lowest BCUT2D eigenvalue weighted by molar-refractivity contribution is 0.287. The second kappa shape index (κ2) is 4.53. The van der Waals surface area contributed by atoms with Crippen LogP contribution < -0.4 is 0 Å². The molecule has 0 bridgehead atoms. The average Bonchev–Trinajstić information content (AvgIpc) is 2.80. The number of nitrogens with zero attached hydrogens (tertiary/aromatic N) is 5. The maximum atomic E-state index is 10.6. The second-order valence-corrected chi connectivity index (χ2v) is 4.10. The molecule has 1 heterocycles. The molecule has 1 fully saturated rings. The Hall–Kier alpha value is -1.55. The molecule has 0 spiro atoms. The third-order valence-corrected chi connectivity index (χ3v) is 3.09. The van der Waals surface area contributed by atoms with Gasteiger partial charge in [-0.1, -0.05) is 19.3 Å². The summed E-state index contributed by atoms with van der Waals surface area (Å²) in [5.41, 5.74) is -0.562. The van der Waals surface area contributed by atoms with Gasteiger partial charge in [0.15, 0.2) is 0 Å². The maximum absolute atomic E-state index is 10.6. The molecule has 6 heteroatoms. The van der Waals surface area contributed by atoms with Crippen molar-refractivity contribution < 1.29 is 4.79 Å². The van der Waals surface area contributed by atoms with Crippen molar-refractivity contribution in [2.45, 2.75) is 51.1 Å². The highest BCUT2D eigenvalue weighted by Gasteiger charge is 2.38. The van der Waals surface area contributed by atoms with Crippen LogP contribution in [0.15, 0.2) is 4.99 Å². The summed E-state index contributed by atoms with van der Waals surface area (Å²) in [5.74, 6) is 0.567. The van der Waals surface area contributed by atoms with Gasteiger partial charge >= 0.3 is 0 Å². The lowest BCUT2D eigenvalue weighted by Crippen LogP contribution is -2.28. The van der Waals surface area contributed by atoms with E-state index >= 15 is 0 Å². The van der Waals surface area contributed by atoms with Crippen LogP contribution in [0.2, 0.25) is 0 Å². The number of isocyanates is 1. The molecular weight excluding hydrogens is 206 g/mol. The largest absolute Gasteiger partial charge is 0.235 e. The Morgan fingerprint density at radius 3 is 2.75 bits per heavy atom. The first-order chi connectivity index (χ1) is 7.80. The number of aliphatic imine (C=N–C) groups is 1. The van der Waals surface area contributed by atoms with Crippen molar-refractivity contribution in [1.29, 1.82) is 0 Å². The first-order valence-electron chi connectivity index (χ1n) is 5.68. The molecule has 0 radical (unpaired) electrons. The number of hydrogen-bond acceptors (Lipinski definition) is 5. The molecule has 0 N–H and O–H groups in total. The highest BCUT2D eigenvalue weighted by molar-refractivity contribution is 5.36. The van der Waals surface area contributed by atoms with Gasteiger partial charge in [0.2, 0.25) is 11.9 Å². The van der Waals surface area contributed by atoms with E-state index in [0.29, 0.717) is 12.4 Å². The van der Waals surface area contributed by atoms with Gasteiger partial charge in [0.25, 0.3) is 0 Å². The van der Waals surface area contributed by atoms with E-state index in [0.717, 1.165) is 25.7 Å². The first kappa shape index (κ1) is 11.0. The quantitative estimate of drug-likeness (QED) is 0.567. The Morgan fingerprint density at radius 2 is 2.19 bits per heavy atom. The molecule has 1 aromatic rings. The van der Waals surface area contributed by atoms with E-state index in [2.05, 4.69) is 20.4 Å². The molecule has 1 aromatic heterocycles. The van der Waals surface area contributed by atoms with Crippen LogP contribution in [0, 0.1) is 0 Å². The van der Waals surface area contributed by atoms with Crippen LogP contribution in [0.5, 0.6) is 0 Å². The summed E-state index contributed by atoms with van der Waals surface area (Å²) in [4.78, 5) is 16.0. The van der Waals surface area contributed by atoms with E-state index in [1.807, 2.05) is 6.92 Å². The number of aryl methyl sites for hydroxylation is 1. The Labute approximate surface area is 93.8 Å². The summed E-state index contributed by atoms with van der Waals surface area (Å²) < 4.78 is 0. The molecule has 86 valence electrons. The number of hydrogen-bond donors (Lipinski definition) is 0. The van der Waals surface area contributed by atoms with Crippen molar-refractivity contribution >= 4 is 6.08 Å². The minimum Gasteiger partial charge on any atom is -0.211 e. The lowest BCUT2D eigenvalue weighted by Gasteiger charge is -2.28. The lowest BCUT2D eigenvalue weighted by atomic mass is 9.82. The zero-order valence-corrected chi connectivity index (χ0v) is 9.39. The smallest absolute Gasteiger partial charge is 0.211 e. The molecule has 2 rings (SSSR count). The van der Waals surface area contributed by atoms with E-state index in [1.54, 1.807) is 6.08 Å². The van der Waals surface area contributed by atoms with Gasteiger partial charge in [0, 0.05) is 0 Å². The van der Waals surface area contributed by atoms with Gasteiger partial charge in [-0.3, -0.25) is 0 Å². The number of aromatic nitrogens is 4. The first-order valence-corrected chi connectivity index (χ1v) is 5.68. The van der Waals surface area contributed by atoms with E-state index in [1.165, 1.54) is 11.2 Å². The summed E-state index contributed by atoms with van der Waals surface area (Å²) in [6.45, 7) is 2.62. The second-order valence-electron chi connectivity index (χ2n) is 4.10. The van der Waals surface area contributed by atoms with Gasteiger partial charge in [-0.05, 0) is 25.0 Å². The molecule has 0 aliphatic heterocycles. The topological polar surface area (TPSA) is 73.0 Å². The summed E-state index contributed by atoms with van der Waals surface area (Å²) in [7, 11) is 0. The summed E-state index contributed by atoms with van der Waals surface area (Å²) in [5, 5.41) is 12.2. The SMILES string of the molecule is CCn1nnc(C2(N=C=O)CCCCC2)n1. The molecular formula is C10H15N5O. The van der Waals surface area contributed by atoms with E-state index in [4.69, 9.17) is 0 Å². The molecule has 0 atom stereocenters. The summed E-state index contributed by atoms with van der Waals surface area (Å²) in [6.07, 6.45) is 6.57. The van der Waals surface area contributed by atoms with Crippen LogP contribution in [0.4, 0.5) is 0 Å². The fourth-order valence-electron chi connectivity index (χ4n) is 2.17. The fourth-order valence-corrected chi connectivity index (χ4v) is 2.17. The molecule has 0 amide bonds. The Morgan fingerprint density at radius 1 is 1.44 bits per heavy atom. The van der Waals surface area contributed by atoms with Gasteiger partial charge in [0.05, 0.1) is 6.54 Å². The van der Waals surface area contributed by atoms with Gasteiger partial charge in [0.1, 0.15) is 5.54 Å². The molecule has 0 saturated heterocycles. The van der Waals surface area contributed by atoms with Crippen LogP contribution in [0.25, 0.3) is 0 Å². The predicted octanol–water partition coefficient (Wildman–Crippen LogP) is 1.19. The zero-order chi connectivity index (χ0) is 11.4. The maximum Gasteiger partial charge on any atom is 0.235 e. The number of tetrazole rings is 1. The predicted molar refractivity (Wildman–Crippen MR) is 56.4 cm³/mol. The highest BCUT2D eigenvalue weighted by atomic mass is 16.1. The molecule has 0 unspecified atom stereocenters. The van der Waals surface area contributed by atoms with Crippen LogP contribution in [0.3, 0.4) is 0 Å². The van der Waals surface area contributed by atoms with Crippen LogP contribution in [0.1, 0.15) is 44.9 Å². The normalized spacial score (nSPS) is 19.1. The van der Waals surface area contributed by atoms with Crippen molar-refractivity contribution in [3.05, 3.63) is 5.82 Å². The Balaban J connectivity index is 2.34. The van der Waals surface area contributed by atoms with E-state index in [-0.39, 0.29) is 0 Å². The third-order valence-electron chi connectivity index (χ3n) is 3.09. The van der Waals surface area contributed by atoms with Gasteiger partial charge in [-0.25, -0.2) is 4.79 Å². The summed E-state index contributed by atoms with van der Waals surface area (Å²) >= 11 is 0. The Kier molecular flexibility index (Phi) is 3.10. The highest BCUT2D eigenvalue weighted by Crippen LogP contribution is 2.38. The fraction of sp³-hybridized carbons (Fsp3) is 0.800. The van der Waals surface area contributed by atoms with E-state index < -0.39 is 5.54 Å². The molecule has 1 saturated carbocycles. The van der Waals surface area contributed by atoms with Crippen molar-refractivity contribution in [2.24, 2.45) is 4.99 Å². The molecule has 1 aliphatic carbocycles. The van der Waals surface area contributed by atoms with Gasteiger partial charge < -0.3 is 0 Å². The standard InChI is InChI=1S/C10H15N5O/c1-2-15-13-9(12-14-15)10(11-8-16)6-4-3-5-7-10/h2-7H2,1H3. The number of rotatable bonds is 3. The van der Waals surface area contributed by atoms with Crippen molar-refractivity contribution in [2.75, 3.05) is 0 Å². The van der Waals surface area contributed by atoms with Crippen molar-refractivity contribution in [3.8, 4) is 0 Å². The number of carbonyl (C=O) groups excluding carboxylic acids is 1. The average molecular weight is 221 g/mol. The zero-order valence-electron chi connectivity index (χ0n) is 9.39. The minimum absolute atomic E-state index is 0.562. The molecule has 1 aliphatic rings.